The minimum atomic E-state index is -3.83. The van der Waals surface area contributed by atoms with E-state index in [1.165, 1.54) is 32.2 Å². The first-order valence-electron chi connectivity index (χ1n) is 5.59. The fourth-order valence-electron chi connectivity index (χ4n) is 1.64. The van der Waals surface area contributed by atoms with Crippen LogP contribution in [0.15, 0.2) is 23.1 Å². The van der Waals surface area contributed by atoms with Gasteiger partial charge in [-0.15, -0.1) is 0 Å². The third-order valence-corrected chi connectivity index (χ3v) is 5.33. The van der Waals surface area contributed by atoms with Gasteiger partial charge in [0, 0.05) is 12.3 Å². The first-order chi connectivity index (χ1) is 9.05. The van der Waals surface area contributed by atoms with Crippen LogP contribution in [-0.2, 0) is 19.9 Å². The lowest BCUT2D eigenvalue weighted by Gasteiger charge is -2.14. The minimum absolute atomic E-state index is 0.0522. The average molecular weight is 342 g/mol. The Kier molecular flexibility index (Phi) is 5.42. The molecule has 0 unspecified atom stereocenters. The Bertz CT molecular complexity index is 685. The molecule has 0 saturated carbocycles. The standard InChI is InChI=1S/C11H16ClNO5S2/c1-8(7-19(3,14)15)13-20(16,17)9-4-5-11(18-2)10(12)6-9/h4-6,8,13H,7H2,1-3H3/t8-/m0/s1. The summed E-state index contributed by atoms with van der Waals surface area (Å²) in [6, 6.07) is 3.27. The van der Waals surface area contributed by atoms with E-state index in [1.54, 1.807) is 0 Å². The van der Waals surface area contributed by atoms with Gasteiger partial charge in [-0.1, -0.05) is 11.6 Å². The third-order valence-electron chi connectivity index (χ3n) is 2.34. The summed E-state index contributed by atoms with van der Waals surface area (Å²) in [6.45, 7) is 1.48. The summed E-state index contributed by atoms with van der Waals surface area (Å²) in [5.41, 5.74) is 0. The van der Waals surface area contributed by atoms with Crippen molar-refractivity contribution >= 4 is 31.5 Å². The number of nitrogens with one attached hydrogen (secondary N) is 1. The first-order valence-corrected chi connectivity index (χ1v) is 9.51. The maximum Gasteiger partial charge on any atom is 0.240 e. The van der Waals surface area contributed by atoms with Gasteiger partial charge in [0.1, 0.15) is 15.6 Å². The quantitative estimate of drug-likeness (QED) is 0.835. The Hall–Kier alpha value is -0.830. The van der Waals surface area contributed by atoms with E-state index < -0.39 is 25.9 Å². The predicted molar refractivity (Wildman–Crippen MR) is 77.5 cm³/mol. The molecule has 6 nitrogen and oxygen atoms in total. The Morgan fingerprint density at radius 3 is 2.35 bits per heavy atom. The number of sulfonamides is 1. The fraction of sp³-hybridized carbons (Fsp3) is 0.455. The van der Waals surface area contributed by atoms with Gasteiger partial charge < -0.3 is 4.74 Å². The first kappa shape index (κ1) is 17.2. The van der Waals surface area contributed by atoms with Crippen LogP contribution in [-0.4, -0.2) is 42.0 Å². The molecule has 0 saturated heterocycles. The Labute approximate surface area is 124 Å². The summed E-state index contributed by atoms with van der Waals surface area (Å²) < 4.78 is 53.6. The van der Waals surface area contributed by atoms with Gasteiger partial charge in [-0.05, 0) is 25.1 Å². The molecule has 1 N–H and O–H groups in total. The van der Waals surface area contributed by atoms with Crippen LogP contribution in [0.25, 0.3) is 0 Å². The molecule has 0 bridgehead atoms. The normalized spacial score (nSPS) is 14.0. The van der Waals surface area contributed by atoms with Crippen LogP contribution in [0.4, 0.5) is 0 Å². The predicted octanol–water partition coefficient (Wildman–Crippen LogP) is 1.06. The summed E-state index contributed by atoms with van der Waals surface area (Å²) in [4.78, 5) is -0.0522. The molecule has 9 heteroatoms. The number of ether oxygens (including phenoxy) is 1. The van der Waals surface area contributed by atoms with E-state index in [9.17, 15) is 16.8 Å². The Balaban J connectivity index is 2.97. The van der Waals surface area contributed by atoms with E-state index in [0.29, 0.717) is 5.75 Å². The van der Waals surface area contributed by atoms with Crippen LogP contribution in [0, 0.1) is 0 Å². The van der Waals surface area contributed by atoms with Crippen LogP contribution in [0.2, 0.25) is 5.02 Å². The smallest absolute Gasteiger partial charge is 0.240 e. The van der Waals surface area contributed by atoms with Gasteiger partial charge in [0.15, 0.2) is 0 Å². The Morgan fingerprint density at radius 2 is 1.90 bits per heavy atom. The number of sulfone groups is 1. The van der Waals surface area contributed by atoms with Gasteiger partial charge in [-0.3, -0.25) is 0 Å². The van der Waals surface area contributed by atoms with Gasteiger partial charge in [0.05, 0.1) is 22.8 Å². The third kappa shape index (κ3) is 4.93. The van der Waals surface area contributed by atoms with Crippen LogP contribution in [0.5, 0.6) is 5.75 Å². The van der Waals surface area contributed by atoms with E-state index in [4.69, 9.17) is 16.3 Å². The van der Waals surface area contributed by atoms with Crippen molar-refractivity contribution in [3.05, 3.63) is 23.2 Å². The highest BCUT2D eigenvalue weighted by Gasteiger charge is 2.21. The molecule has 1 atom stereocenters. The lowest BCUT2D eigenvalue weighted by Crippen LogP contribution is -2.37. The van der Waals surface area contributed by atoms with Gasteiger partial charge in [-0.2, -0.15) is 0 Å². The van der Waals surface area contributed by atoms with E-state index in [1.807, 2.05) is 0 Å². The SMILES string of the molecule is COc1ccc(S(=O)(=O)N[C@@H](C)CS(C)(=O)=O)cc1Cl. The van der Waals surface area contributed by atoms with Crippen molar-refractivity contribution in [3.63, 3.8) is 0 Å². The zero-order chi connectivity index (χ0) is 15.6. The maximum absolute atomic E-state index is 12.1. The molecule has 0 aromatic heterocycles. The lowest BCUT2D eigenvalue weighted by atomic mass is 10.3. The number of methoxy groups -OCH3 is 1. The Morgan fingerprint density at radius 1 is 1.30 bits per heavy atom. The van der Waals surface area contributed by atoms with Gasteiger partial charge in [0.2, 0.25) is 10.0 Å². The second-order valence-corrected chi connectivity index (χ2v) is 8.72. The molecule has 0 aliphatic rings. The highest BCUT2D eigenvalue weighted by Crippen LogP contribution is 2.26. The maximum atomic E-state index is 12.1. The second-order valence-electron chi connectivity index (χ2n) is 4.41. The van der Waals surface area contributed by atoms with Gasteiger partial charge in [-0.25, -0.2) is 21.6 Å². The highest BCUT2D eigenvalue weighted by atomic mass is 35.5. The van der Waals surface area contributed by atoms with E-state index >= 15 is 0 Å². The van der Waals surface area contributed by atoms with Crippen LogP contribution >= 0.6 is 11.6 Å². The summed E-state index contributed by atoms with van der Waals surface area (Å²) in [6.07, 6.45) is 1.04. The topological polar surface area (TPSA) is 89.5 Å². The molecule has 0 radical (unpaired) electrons. The molecule has 0 heterocycles. The molecule has 1 rings (SSSR count). The van der Waals surface area contributed by atoms with E-state index in [2.05, 4.69) is 4.72 Å². The number of hydrogen-bond acceptors (Lipinski definition) is 5. The molecule has 114 valence electrons. The largest absolute Gasteiger partial charge is 0.495 e. The molecule has 0 fully saturated rings. The monoisotopic (exact) mass is 341 g/mol. The van der Waals surface area contributed by atoms with Gasteiger partial charge >= 0.3 is 0 Å². The van der Waals surface area contributed by atoms with E-state index in [-0.39, 0.29) is 15.7 Å². The molecular weight excluding hydrogens is 326 g/mol. The molecule has 1 aromatic carbocycles. The molecule has 20 heavy (non-hydrogen) atoms. The number of hydrogen-bond donors (Lipinski definition) is 1. The molecule has 0 aliphatic carbocycles. The summed E-state index contributed by atoms with van der Waals surface area (Å²) in [5.74, 6) is 0.0747. The number of rotatable bonds is 6. The molecule has 0 amide bonds. The summed E-state index contributed by atoms with van der Waals surface area (Å²) in [7, 11) is -5.69. The van der Waals surface area contributed by atoms with Crippen molar-refractivity contribution in [2.75, 3.05) is 19.1 Å². The summed E-state index contributed by atoms with van der Waals surface area (Å²) >= 11 is 5.87. The zero-order valence-electron chi connectivity index (χ0n) is 11.3. The van der Waals surface area contributed by atoms with Crippen LogP contribution in [0.1, 0.15) is 6.92 Å². The van der Waals surface area contributed by atoms with Crippen molar-refractivity contribution < 1.29 is 21.6 Å². The lowest BCUT2D eigenvalue weighted by molar-refractivity contribution is 0.414. The van der Waals surface area contributed by atoms with E-state index in [0.717, 1.165) is 6.26 Å². The molecule has 1 aromatic rings. The molecule has 0 aliphatic heterocycles. The second kappa shape index (κ2) is 6.30. The molecule has 0 spiro atoms. The van der Waals surface area contributed by atoms with Crippen molar-refractivity contribution in [1.29, 1.82) is 0 Å². The van der Waals surface area contributed by atoms with Crippen LogP contribution < -0.4 is 9.46 Å². The minimum Gasteiger partial charge on any atom is -0.495 e. The zero-order valence-corrected chi connectivity index (χ0v) is 13.6. The van der Waals surface area contributed by atoms with Crippen LogP contribution in [0.3, 0.4) is 0 Å². The number of halogens is 1. The van der Waals surface area contributed by atoms with Crippen molar-refractivity contribution in [3.8, 4) is 5.75 Å². The van der Waals surface area contributed by atoms with Crippen molar-refractivity contribution in [1.82, 2.24) is 4.72 Å². The fourth-order valence-corrected chi connectivity index (χ4v) is 4.32. The molecular formula is C11H16ClNO5S2. The summed E-state index contributed by atoms with van der Waals surface area (Å²) in [5, 5.41) is 0.158. The van der Waals surface area contributed by atoms with Crippen molar-refractivity contribution in [2.45, 2.75) is 17.9 Å². The van der Waals surface area contributed by atoms with Gasteiger partial charge in [0.25, 0.3) is 0 Å². The van der Waals surface area contributed by atoms with Crippen molar-refractivity contribution in [2.24, 2.45) is 0 Å². The average Bonchev–Trinajstić information content (AvgIpc) is 2.25. The highest BCUT2D eigenvalue weighted by molar-refractivity contribution is 7.91. The number of benzene rings is 1.